The van der Waals surface area contributed by atoms with E-state index < -0.39 is 26.7 Å². The molecule has 0 aliphatic carbocycles. The molecule has 1 rings (SSSR count). The van der Waals surface area contributed by atoms with Gasteiger partial charge in [-0.05, 0) is 32.3 Å². The number of carboxylic acid groups (broad SMARTS) is 1. The van der Waals surface area contributed by atoms with Crippen molar-refractivity contribution in [3.05, 3.63) is 29.6 Å². The number of likely N-dealkylation sites (N-methyl/N-ethyl adjacent to an activating group) is 2. The van der Waals surface area contributed by atoms with Gasteiger partial charge in [-0.2, -0.15) is 4.31 Å². The lowest BCUT2D eigenvalue weighted by Crippen LogP contribution is -2.34. The van der Waals surface area contributed by atoms with Crippen LogP contribution < -0.4 is 0 Å². The summed E-state index contributed by atoms with van der Waals surface area (Å²) in [6, 6.07) is 2.70. The summed E-state index contributed by atoms with van der Waals surface area (Å²) in [5.74, 6) is -2.27. The summed E-state index contributed by atoms with van der Waals surface area (Å²) in [5, 5.41) is 8.84. The number of carboxylic acids is 1. The van der Waals surface area contributed by atoms with Crippen molar-refractivity contribution in [1.82, 2.24) is 9.21 Å². The normalized spacial score (nSPS) is 12.1. The topological polar surface area (TPSA) is 77.9 Å². The molecule has 1 aromatic rings. The number of nitrogens with zero attached hydrogens (tertiary/aromatic N) is 2. The van der Waals surface area contributed by atoms with E-state index in [2.05, 4.69) is 0 Å². The molecule has 0 aromatic heterocycles. The molecule has 0 atom stereocenters. The predicted octanol–water partition coefficient (Wildman–Crippen LogP) is 0.706. The lowest BCUT2D eigenvalue weighted by atomic mass is 10.2. The Labute approximate surface area is 117 Å². The van der Waals surface area contributed by atoms with Gasteiger partial charge in [0.25, 0.3) is 0 Å². The SMILES string of the molecule is CN(C)CCN(C)S(=O)(=O)c1cc(C(=O)O)ccc1F. The summed E-state index contributed by atoms with van der Waals surface area (Å²) in [6.07, 6.45) is 0. The number of carbonyl (C=O) groups is 1. The standard InChI is InChI=1S/C12H17FN2O4S/c1-14(2)6-7-15(3)20(18,19)11-8-9(12(16)17)4-5-10(11)13/h4-5,8H,6-7H2,1-3H3,(H,16,17). The zero-order chi connectivity index (χ0) is 15.5. The molecule has 20 heavy (non-hydrogen) atoms. The van der Waals surface area contributed by atoms with E-state index in [0.29, 0.717) is 6.54 Å². The zero-order valence-electron chi connectivity index (χ0n) is 11.5. The lowest BCUT2D eigenvalue weighted by molar-refractivity contribution is 0.0696. The molecule has 8 heteroatoms. The Morgan fingerprint density at radius 3 is 2.35 bits per heavy atom. The van der Waals surface area contributed by atoms with Crippen LogP contribution in [0, 0.1) is 5.82 Å². The minimum atomic E-state index is -4.05. The van der Waals surface area contributed by atoms with Crippen LogP contribution in [0.25, 0.3) is 0 Å². The highest BCUT2D eigenvalue weighted by molar-refractivity contribution is 7.89. The van der Waals surface area contributed by atoms with Crippen LogP contribution in [0.5, 0.6) is 0 Å². The summed E-state index contributed by atoms with van der Waals surface area (Å²) in [4.78, 5) is 12.0. The van der Waals surface area contributed by atoms with Crippen LogP contribution in [0.15, 0.2) is 23.1 Å². The molecule has 0 bridgehead atoms. The molecular weight excluding hydrogens is 287 g/mol. The fourth-order valence-electron chi connectivity index (χ4n) is 1.46. The Hall–Kier alpha value is -1.51. The second-order valence-electron chi connectivity index (χ2n) is 4.58. The summed E-state index contributed by atoms with van der Waals surface area (Å²) in [7, 11) is 0.840. The minimum Gasteiger partial charge on any atom is -0.478 e. The molecule has 0 unspecified atom stereocenters. The molecule has 6 nitrogen and oxygen atoms in total. The van der Waals surface area contributed by atoms with Gasteiger partial charge >= 0.3 is 5.97 Å². The number of hydrogen-bond acceptors (Lipinski definition) is 4. The molecule has 1 N–H and O–H groups in total. The van der Waals surface area contributed by atoms with Crippen molar-refractivity contribution >= 4 is 16.0 Å². The summed E-state index contributed by atoms with van der Waals surface area (Å²) in [6.45, 7) is 0.641. The van der Waals surface area contributed by atoms with E-state index in [4.69, 9.17) is 5.11 Å². The Morgan fingerprint density at radius 2 is 1.85 bits per heavy atom. The maximum absolute atomic E-state index is 13.7. The number of aromatic carboxylic acids is 1. The van der Waals surface area contributed by atoms with E-state index in [0.717, 1.165) is 22.5 Å². The first-order chi connectivity index (χ1) is 9.16. The van der Waals surface area contributed by atoms with Crippen LogP contribution in [0.2, 0.25) is 0 Å². The van der Waals surface area contributed by atoms with Gasteiger partial charge in [0, 0.05) is 20.1 Å². The second-order valence-corrected chi connectivity index (χ2v) is 6.59. The number of hydrogen-bond donors (Lipinski definition) is 1. The minimum absolute atomic E-state index is 0.173. The van der Waals surface area contributed by atoms with Gasteiger partial charge < -0.3 is 10.0 Å². The van der Waals surface area contributed by atoms with E-state index in [9.17, 15) is 17.6 Å². The van der Waals surface area contributed by atoms with Crippen molar-refractivity contribution < 1.29 is 22.7 Å². The predicted molar refractivity (Wildman–Crippen MR) is 71.7 cm³/mol. The molecule has 0 radical (unpaired) electrons. The third-order valence-electron chi connectivity index (χ3n) is 2.73. The fourth-order valence-corrected chi connectivity index (χ4v) is 2.71. The van der Waals surface area contributed by atoms with Crippen LogP contribution in [-0.2, 0) is 10.0 Å². The number of benzene rings is 1. The average molecular weight is 304 g/mol. The first-order valence-corrected chi connectivity index (χ1v) is 7.24. The van der Waals surface area contributed by atoms with E-state index in [1.807, 2.05) is 0 Å². The van der Waals surface area contributed by atoms with Crippen molar-refractivity contribution in [2.24, 2.45) is 0 Å². The third kappa shape index (κ3) is 3.75. The van der Waals surface area contributed by atoms with Gasteiger partial charge in [0.15, 0.2) is 0 Å². The van der Waals surface area contributed by atoms with E-state index >= 15 is 0 Å². The lowest BCUT2D eigenvalue weighted by Gasteiger charge is -2.19. The van der Waals surface area contributed by atoms with Crippen LogP contribution >= 0.6 is 0 Å². The largest absolute Gasteiger partial charge is 0.478 e. The number of rotatable bonds is 6. The van der Waals surface area contributed by atoms with Crippen LogP contribution in [-0.4, -0.2) is 62.9 Å². The molecule has 0 saturated heterocycles. The highest BCUT2D eigenvalue weighted by Gasteiger charge is 2.25. The van der Waals surface area contributed by atoms with Gasteiger partial charge in [-0.3, -0.25) is 0 Å². The first-order valence-electron chi connectivity index (χ1n) is 5.80. The summed E-state index contributed by atoms with van der Waals surface area (Å²) >= 11 is 0. The monoisotopic (exact) mass is 304 g/mol. The van der Waals surface area contributed by atoms with Crippen molar-refractivity contribution in [2.45, 2.75) is 4.90 Å². The van der Waals surface area contributed by atoms with Crippen molar-refractivity contribution in [1.29, 1.82) is 0 Å². The molecule has 0 fully saturated rings. The van der Waals surface area contributed by atoms with E-state index in [-0.39, 0.29) is 12.1 Å². The molecule has 0 amide bonds. The Kier molecular flexibility index (Phi) is 5.21. The van der Waals surface area contributed by atoms with Gasteiger partial charge in [0.05, 0.1) is 5.56 Å². The van der Waals surface area contributed by atoms with Gasteiger partial charge in [-0.1, -0.05) is 0 Å². The maximum Gasteiger partial charge on any atom is 0.335 e. The number of halogens is 1. The van der Waals surface area contributed by atoms with Gasteiger partial charge in [-0.25, -0.2) is 17.6 Å². The molecule has 0 saturated carbocycles. The number of sulfonamides is 1. The van der Waals surface area contributed by atoms with Crippen LogP contribution in [0.4, 0.5) is 4.39 Å². The fraction of sp³-hybridized carbons (Fsp3) is 0.417. The van der Waals surface area contributed by atoms with E-state index in [1.165, 1.54) is 7.05 Å². The summed E-state index contributed by atoms with van der Waals surface area (Å²) in [5.41, 5.74) is -0.272. The molecule has 0 spiro atoms. The van der Waals surface area contributed by atoms with Crippen molar-refractivity contribution in [3.63, 3.8) is 0 Å². The smallest absolute Gasteiger partial charge is 0.335 e. The quantitative estimate of drug-likeness (QED) is 0.837. The third-order valence-corrected chi connectivity index (χ3v) is 4.60. The highest BCUT2D eigenvalue weighted by atomic mass is 32.2. The average Bonchev–Trinajstić information content (AvgIpc) is 2.35. The summed E-state index contributed by atoms with van der Waals surface area (Å²) < 4.78 is 39.1. The van der Waals surface area contributed by atoms with Crippen LogP contribution in [0.1, 0.15) is 10.4 Å². The van der Waals surface area contributed by atoms with E-state index in [1.54, 1.807) is 19.0 Å². The van der Waals surface area contributed by atoms with Gasteiger partial charge in [0.2, 0.25) is 10.0 Å². The molecule has 0 aliphatic rings. The van der Waals surface area contributed by atoms with Crippen molar-refractivity contribution in [2.75, 3.05) is 34.2 Å². The first kappa shape index (κ1) is 16.5. The van der Waals surface area contributed by atoms with Gasteiger partial charge in [0.1, 0.15) is 10.7 Å². The van der Waals surface area contributed by atoms with Gasteiger partial charge in [-0.15, -0.1) is 0 Å². The maximum atomic E-state index is 13.7. The second kappa shape index (κ2) is 6.29. The highest BCUT2D eigenvalue weighted by Crippen LogP contribution is 2.20. The Morgan fingerprint density at radius 1 is 1.25 bits per heavy atom. The Balaban J connectivity index is 3.14. The molecular formula is C12H17FN2O4S. The Bertz CT molecular complexity index is 601. The zero-order valence-corrected chi connectivity index (χ0v) is 12.3. The molecule has 112 valence electrons. The molecule has 0 aliphatic heterocycles. The molecule has 1 aromatic carbocycles. The molecule has 0 heterocycles. The van der Waals surface area contributed by atoms with Crippen molar-refractivity contribution in [3.8, 4) is 0 Å². The van der Waals surface area contributed by atoms with Crippen LogP contribution in [0.3, 0.4) is 0 Å².